The third kappa shape index (κ3) is 4.18. The Morgan fingerprint density at radius 1 is 1.30 bits per heavy atom. The standard InChI is InChI=1S/C16H21BrN2O/c1-3-8-18-9-4-5-16-19-11-15(20-16)13-6-7-14(17)12(2)10-13/h6-7,10-11,18H,3-5,8-9H2,1-2H3. The van der Waals surface area contributed by atoms with Gasteiger partial charge in [-0.3, -0.25) is 0 Å². The highest BCUT2D eigenvalue weighted by Gasteiger charge is 2.07. The van der Waals surface area contributed by atoms with Gasteiger partial charge in [0.1, 0.15) is 0 Å². The molecule has 108 valence electrons. The van der Waals surface area contributed by atoms with Gasteiger partial charge < -0.3 is 9.73 Å². The number of oxazole rings is 1. The summed E-state index contributed by atoms with van der Waals surface area (Å²) >= 11 is 3.51. The van der Waals surface area contributed by atoms with E-state index in [1.807, 2.05) is 18.3 Å². The zero-order chi connectivity index (χ0) is 14.4. The van der Waals surface area contributed by atoms with Gasteiger partial charge in [-0.2, -0.15) is 0 Å². The van der Waals surface area contributed by atoms with Crippen molar-refractivity contribution in [2.24, 2.45) is 0 Å². The highest BCUT2D eigenvalue weighted by Crippen LogP contribution is 2.25. The Hall–Kier alpha value is -1.13. The lowest BCUT2D eigenvalue weighted by atomic mass is 10.1. The molecule has 2 aromatic rings. The van der Waals surface area contributed by atoms with Crippen molar-refractivity contribution in [2.45, 2.75) is 33.1 Å². The maximum Gasteiger partial charge on any atom is 0.194 e. The number of aromatic nitrogens is 1. The number of nitrogens with one attached hydrogen (secondary N) is 1. The zero-order valence-electron chi connectivity index (χ0n) is 12.1. The van der Waals surface area contributed by atoms with Crippen molar-refractivity contribution in [1.29, 1.82) is 0 Å². The Balaban J connectivity index is 1.93. The third-order valence-corrected chi connectivity index (χ3v) is 4.06. The lowest BCUT2D eigenvalue weighted by Gasteiger charge is -2.01. The van der Waals surface area contributed by atoms with E-state index in [4.69, 9.17) is 4.42 Å². The number of halogens is 1. The normalized spacial score (nSPS) is 10.9. The fourth-order valence-corrected chi connectivity index (χ4v) is 2.27. The van der Waals surface area contributed by atoms with Gasteiger partial charge >= 0.3 is 0 Å². The molecule has 0 aliphatic rings. The molecule has 0 saturated heterocycles. The van der Waals surface area contributed by atoms with E-state index in [0.29, 0.717) is 0 Å². The van der Waals surface area contributed by atoms with Crippen LogP contribution in [0.1, 0.15) is 31.2 Å². The Morgan fingerprint density at radius 2 is 2.15 bits per heavy atom. The summed E-state index contributed by atoms with van der Waals surface area (Å²) in [5.41, 5.74) is 2.28. The fourth-order valence-electron chi connectivity index (χ4n) is 2.02. The molecular weight excluding hydrogens is 316 g/mol. The summed E-state index contributed by atoms with van der Waals surface area (Å²) in [6.07, 6.45) is 4.93. The minimum absolute atomic E-state index is 0.818. The van der Waals surface area contributed by atoms with E-state index in [2.05, 4.69) is 46.1 Å². The lowest BCUT2D eigenvalue weighted by Crippen LogP contribution is -2.16. The van der Waals surface area contributed by atoms with Gasteiger partial charge in [0.05, 0.1) is 6.20 Å². The second-order valence-corrected chi connectivity index (χ2v) is 5.79. The summed E-state index contributed by atoms with van der Waals surface area (Å²) in [7, 11) is 0. The summed E-state index contributed by atoms with van der Waals surface area (Å²) < 4.78 is 6.93. The molecule has 0 aliphatic carbocycles. The maximum absolute atomic E-state index is 5.82. The minimum Gasteiger partial charge on any atom is -0.441 e. The molecule has 0 fully saturated rings. The van der Waals surface area contributed by atoms with Crippen LogP contribution in [0, 0.1) is 6.92 Å². The van der Waals surface area contributed by atoms with Crippen LogP contribution in [-0.2, 0) is 6.42 Å². The van der Waals surface area contributed by atoms with Gasteiger partial charge in [0.15, 0.2) is 11.7 Å². The van der Waals surface area contributed by atoms with Gasteiger partial charge in [0, 0.05) is 16.5 Å². The van der Waals surface area contributed by atoms with E-state index in [1.165, 1.54) is 12.0 Å². The predicted octanol–water partition coefficient (Wildman–Crippen LogP) is 4.34. The number of nitrogens with zero attached hydrogens (tertiary/aromatic N) is 1. The van der Waals surface area contributed by atoms with Crippen LogP contribution < -0.4 is 5.32 Å². The van der Waals surface area contributed by atoms with E-state index >= 15 is 0 Å². The zero-order valence-corrected chi connectivity index (χ0v) is 13.7. The van der Waals surface area contributed by atoms with Crippen LogP contribution in [0.4, 0.5) is 0 Å². The molecule has 0 saturated carbocycles. The Kier molecular flexibility index (Phi) is 5.80. The topological polar surface area (TPSA) is 38.1 Å². The van der Waals surface area contributed by atoms with Crippen LogP contribution in [0.2, 0.25) is 0 Å². The monoisotopic (exact) mass is 336 g/mol. The van der Waals surface area contributed by atoms with Crippen LogP contribution in [0.5, 0.6) is 0 Å². The van der Waals surface area contributed by atoms with E-state index in [0.717, 1.165) is 47.6 Å². The molecule has 4 heteroatoms. The van der Waals surface area contributed by atoms with Crippen LogP contribution in [0.25, 0.3) is 11.3 Å². The van der Waals surface area contributed by atoms with E-state index in [1.54, 1.807) is 0 Å². The summed E-state index contributed by atoms with van der Waals surface area (Å²) in [5, 5.41) is 3.38. The first-order valence-electron chi connectivity index (χ1n) is 7.12. The molecule has 1 heterocycles. The fraction of sp³-hybridized carbons (Fsp3) is 0.438. The van der Waals surface area contributed by atoms with Gasteiger partial charge in [-0.05, 0) is 50.6 Å². The Labute approximate surface area is 128 Å². The summed E-state index contributed by atoms with van der Waals surface area (Å²) in [6.45, 7) is 6.34. The van der Waals surface area contributed by atoms with Gasteiger partial charge in [-0.1, -0.05) is 28.9 Å². The second kappa shape index (κ2) is 7.60. The first-order valence-corrected chi connectivity index (χ1v) is 7.92. The van der Waals surface area contributed by atoms with Crippen molar-refractivity contribution in [2.75, 3.05) is 13.1 Å². The molecule has 0 radical (unpaired) electrons. The smallest absolute Gasteiger partial charge is 0.194 e. The molecule has 1 N–H and O–H groups in total. The van der Waals surface area contributed by atoms with E-state index in [-0.39, 0.29) is 0 Å². The average Bonchev–Trinajstić information content (AvgIpc) is 2.90. The quantitative estimate of drug-likeness (QED) is 0.764. The second-order valence-electron chi connectivity index (χ2n) is 4.94. The van der Waals surface area contributed by atoms with Gasteiger partial charge in [-0.15, -0.1) is 0 Å². The Morgan fingerprint density at radius 3 is 2.90 bits per heavy atom. The highest BCUT2D eigenvalue weighted by atomic mass is 79.9. The number of aryl methyl sites for hydroxylation is 2. The van der Waals surface area contributed by atoms with Crippen LogP contribution in [0.15, 0.2) is 33.3 Å². The van der Waals surface area contributed by atoms with Crippen molar-refractivity contribution in [3.8, 4) is 11.3 Å². The highest BCUT2D eigenvalue weighted by molar-refractivity contribution is 9.10. The van der Waals surface area contributed by atoms with Crippen molar-refractivity contribution in [3.63, 3.8) is 0 Å². The maximum atomic E-state index is 5.82. The predicted molar refractivity (Wildman–Crippen MR) is 85.9 cm³/mol. The molecule has 3 nitrogen and oxygen atoms in total. The van der Waals surface area contributed by atoms with Crippen LogP contribution in [-0.4, -0.2) is 18.1 Å². The summed E-state index contributed by atoms with van der Waals surface area (Å²) in [6, 6.07) is 6.20. The number of hydrogen-bond acceptors (Lipinski definition) is 3. The largest absolute Gasteiger partial charge is 0.441 e. The van der Waals surface area contributed by atoms with Crippen LogP contribution in [0.3, 0.4) is 0 Å². The minimum atomic E-state index is 0.818. The first kappa shape index (κ1) is 15.3. The molecular formula is C16H21BrN2O. The van der Waals surface area contributed by atoms with Gasteiger partial charge in [-0.25, -0.2) is 4.98 Å². The number of rotatable bonds is 7. The average molecular weight is 337 g/mol. The van der Waals surface area contributed by atoms with Crippen molar-refractivity contribution >= 4 is 15.9 Å². The molecule has 20 heavy (non-hydrogen) atoms. The molecule has 0 aliphatic heterocycles. The molecule has 2 rings (SSSR count). The molecule has 0 spiro atoms. The molecule has 1 aromatic heterocycles. The first-order chi connectivity index (χ1) is 9.70. The lowest BCUT2D eigenvalue weighted by molar-refractivity contribution is 0.491. The Bertz CT molecular complexity index is 551. The van der Waals surface area contributed by atoms with Gasteiger partial charge in [0.25, 0.3) is 0 Å². The van der Waals surface area contributed by atoms with Gasteiger partial charge in [0.2, 0.25) is 0 Å². The SMILES string of the molecule is CCCNCCCc1ncc(-c2ccc(Br)c(C)c2)o1. The number of hydrogen-bond donors (Lipinski definition) is 1. The van der Waals surface area contributed by atoms with Crippen molar-refractivity contribution < 1.29 is 4.42 Å². The van der Waals surface area contributed by atoms with E-state index < -0.39 is 0 Å². The van der Waals surface area contributed by atoms with E-state index in [9.17, 15) is 0 Å². The molecule has 0 atom stereocenters. The molecule has 0 unspecified atom stereocenters. The van der Waals surface area contributed by atoms with Crippen molar-refractivity contribution in [3.05, 3.63) is 40.3 Å². The molecule has 0 amide bonds. The summed E-state index contributed by atoms with van der Waals surface area (Å²) in [5.74, 6) is 1.66. The van der Waals surface area contributed by atoms with Crippen molar-refractivity contribution in [1.82, 2.24) is 10.3 Å². The third-order valence-electron chi connectivity index (χ3n) is 3.17. The van der Waals surface area contributed by atoms with Crippen LogP contribution >= 0.6 is 15.9 Å². The molecule has 1 aromatic carbocycles. The molecule has 0 bridgehead atoms. The number of benzene rings is 1. The summed E-state index contributed by atoms with van der Waals surface area (Å²) in [4.78, 5) is 4.36.